The molecule has 0 unspecified atom stereocenters. The van der Waals surface area contributed by atoms with Crippen LogP contribution in [0.2, 0.25) is 0 Å². The maximum absolute atomic E-state index is 5.50. The molecular weight excluding hydrogens is 278 g/mol. The van der Waals surface area contributed by atoms with E-state index < -0.39 is 0 Å². The summed E-state index contributed by atoms with van der Waals surface area (Å²) in [5, 5.41) is 4.19. The molecule has 1 aromatic carbocycles. The van der Waals surface area contributed by atoms with Gasteiger partial charge in [-0.05, 0) is 30.8 Å². The van der Waals surface area contributed by atoms with Gasteiger partial charge in [-0.2, -0.15) is 0 Å². The van der Waals surface area contributed by atoms with Gasteiger partial charge in [-0.1, -0.05) is 12.1 Å². The quantitative estimate of drug-likeness (QED) is 0.849. The Hall–Kier alpha value is -1.85. The minimum absolute atomic E-state index is 0.834. The predicted molar refractivity (Wildman–Crippen MR) is 85.9 cm³/mol. The average molecular weight is 301 g/mol. The Morgan fingerprint density at radius 3 is 2.41 bits per heavy atom. The van der Waals surface area contributed by atoms with Crippen molar-refractivity contribution in [3.63, 3.8) is 0 Å². The van der Waals surface area contributed by atoms with Crippen molar-refractivity contribution in [2.75, 3.05) is 39.8 Å². The molecule has 118 valence electrons. The molecule has 5 nitrogen and oxygen atoms in total. The number of aromatic nitrogens is 1. The molecule has 1 aliphatic heterocycles. The normalized spacial score (nSPS) is 16.8. The van der Waals surface area contributed by atoms with Crippen LogP contribution in [0.4, 0.5) is 0 Å². The van der Waals surface area contributed by atoms with Crippen molar-refractivity contribution in [1.82, 2.24) is 15.0 Å². The molecule has 3 rings (SSSR count). The molecule has 0 aliphatic carbocycles. The molecule has 2 aromatic rings. The summed E-state index contributed by atoms with van der Waals surface area (Å²) in [6, 6.07) is 9.91. The summed E-state index contributed by atoms with van der Waals surface area (Å²) >= 11 is 0. The van der Waals surface area contributed by atoms with E-state index >= 15 is 0 Å². The van der Waals surface area contributed by atoms with Crippen molar-refractivity contribution >= 4 is 0 Å². The first kappa shape index (κ1) is 15.1. The Kier molecular flexibility index (Phi) is 4.75. The van der Waals surface area contributed by atoms with Crippen LogP contribution < -0.4 is 4.74 Å². The van der Waals surface area contributed by atoms with Crippen LogP contribution in [-0.4, -0.2) is 54.8 Å². The van der Waals surface area contributed by atoms with Crippen LogP contribution in [0.15, 0.2) is 34.9 Å². The van der Waals surface area contributed by atoms with Gasteiger partial charge in [-0.25, -0.2) is 0 Å². The number of piperazine rings is 1. The van der Waals surface area contributed by atoms with Gasteiger partial charge in [0.2, 0.25) is 0 Å². The van der Waals surface area contributed by atoms with Crippen LogP contribution in [0.25, 0.3) is 11.3 Å². The van der Waals surface area contributed by atoms with E-state index in [2.05, 4.69) is 21.9 Å². The zero-order chi connectivity index (χ0) is 15.4. The number of methoxy groups -OCH3 is 1. The Morgan fingerprint density at radius 1 is 1.09 bits per heavy atom. The Bertz CT molecular complexity index is 586. The number of rotatable bonds is 5. The van der Waals surface area contributed by atoms with Gasteiger partial charge in [0, 0.05) is 37.8 Å². The molecule has 0 atom stereocenters. The molecule has 22 heavy (non-hydrogen) atoms. The standard InChI is InChI=1S/C17H23N3O2/c1-3-19-8-10-20(11-9-19)13-16-12-17(18-22-16)14-4-6-15(21-2)7-5-14/h4-7,12H,3,8-11,13H2,1-2H3. The number of ether oxygens (including phenoxy) is 1. The third-order valence-corrected chi connectivity index (χ3v) is 4.24. The highest BCUT2D eigenvalue weighted by atomic mass is 16.5. The Morgan fingerprint density at radius 2 is 1.77 bits per heavy atom. The van der Waals surface area contributed by atoms with Gasteiger partial charge in [0.1, 0.15) is 11.4 Å². The van der Waals surface area contributed by atoms with Gasteiger partial charge in [0.25, 0.3) is 0 Å². The predicted octanol–water partition coefficient (Wildman–Crippen LogP) is 2.49. The van der Waals surface area contributed by atoms with E-state index in [0.717, 1.165) is 62.0 Å². The molecule has 0 saturated carbocycles. The summed E-state index contributed by atoms with van der Waals surface area (Å²) in [5.41, 5.74) is 1.93. The van der Waals surface area contributed by atoms with Gasteiger partial charge >= 0.3 is 0 Å². The third-order valence-electron chi connectivity index (χ3n) is 4.24. The van der Waals surface area contributed by atoms with Crippen LogP contribution in [0.1, 0.15) is 12.7 Å². The highest BCUT2D eigenvalue weighted by molar-refractivity contribution is 5.59. The van der Waals surface area contributed by atoms with E-state index in [4.69, 9.17) is 9.26 Å². The zero-order valence-electron chi connectivity index (χ0n) is 13.3. The lowest BCUT2D eigenvalue weighted by molar-refractivity contribution is 0.122. The van der Waals surface area contributed by atoms with Crippen LogP contribution in [0.3, 0.4) is 0 Å². The number of hydrogen-bond donors (Lipinski definition) is 0. The summed E-state index contributed by atoms with van der Waals surface area (Å²) in [6.07, 6.45) is 0. The van der Waals surface area contributed by atoms with Gasteiger partial charge < -0.3 is 14.2 Å². The molecule has 0 radical (unpaired) electrons. The van der Waals surface area contributed by atoms with E-state index in [1.165, 1.54) is 0 Å². The zero-order valence-corrected chi connectivity index (χ0v) is 13.3. The fourth-order valence-corrected chi connectivity index (χ4v) is 2.77. The Balaban J connectivity index is 1.61. The monoisotopic (exact) mass is 301 g/mol. The van der Waals surface area contributed by atoms with Crippen LogP contribution >= 0.6 is 0 Å². The van der Waals surface area contributed by atoms with Gasteiger partial charge in [-0.15, -0.1) is 0 Å². The first-order chi connectivity index (χ1) is 10.8. The summed E-state index contributed by atoms with van der Waals surface area (Å²) in [7, 11) is 1.67. The van der Waals surface area contributed by atoms with E-state index in [1.807, 2.05) is 30.3 Å². The lowest BCUT2D eigenvalue weighted by atomic mass is 10.1. The fourth-order valence-electron chi connectivity index (χ4n) is 2.77. The molecule has 0 N–H and O–H groups in total. The molecular formula is C17H23N3O2. The summed E-state index contributed by atoms with van der Waals surface area (Å²) in [6.45, 7) is 8.64. The van der Waals surface area contributed by atoms with Crippen molar-refractivity contribution in [3.05, 3.63) is 36.1 Å². The Labute approximate surface area is 131 Å². The number of nitrogens with zero attached hydrogens (tertiary/aromatic N) is 3. The molecule has 1 aromatic heterocycles. The second-order valence-electron chi connectivity index (χ2n) is 5.62. The highest BCUT2D eigenvalue weighted by Crippen LogP contribution is 2.22. The molecule has 0 amide bonds. The summed E-state index contributed by atoms with van der Waals surface area (Å²) in [5.74, 6) is 1.78. The average Bonchev–Trinajstić information content (AvgIpc) is 3.04. The fraction of sp³-hybridized carbons (Fsp3) is 0.471. The van der Waals surface area contributed by atoms with Crippen molar-refractivity contribution in [2.45, 2.75) is 13.5 Å². The van der Waals surface area contributed by atoms with E-state index in [0.29, 0.717) is 0 Å². The maximum Gasteiger partial charge on any atom is 0.151 e. The van der Waals surface area contributed by atoms with Crippen molar-refractivity contribution < 1.29 is 9.26 Å². The summed E-state index contributed by atoms with van der Waals surface area (Å²) in [4.78, 5) is 4.89. The lowest BCUT2D eigenvalue weighted by Gasteiger charge is -2.33. The molecule has 0 spiro atoms. The highest BCUT2D eigenvalue weighted by Gasteiger charge is 2.17. The minimum atomic E-state index is 0.834. The topological polar surface area (TPSA) is 41.7 Å². The second-order valence-corrected chi connectivity index (χ2v) is 5.62. The molecule has 5 heteroatoms. The van der Waals surface area contributed by atoms with Gasteiger partial charge in [0.05, 0.1) is 13.7 Å². The van der Waals surface area contributed by atoms with Gasteiger partial charge in [-0.3, -0.25) is 4.90 Å². The smallest absolute Gasteiger partial charge is 0.151 e. The van der Waals surface area contributed by atoms with Crippen LogP contribution in [0.5, 0.6) is 5.75 Å². The number of likely N-dealkylation sites (N-methyl/N-ethyl adjacent to an activating group) is 1. The first-order valence-corrected chi connectivity index (χ1v) is 7.83. The second kappa shape index (κ2) is 6.94. The van der Waals surface area contributed by atoms with Gasteiger partial charge in [0.15, 0.2) is 5.76 Å². The molecule has 2 heterocycles. The molecule has 1 fully saturated rings. The van der Waals surface area contributed by atoms with Crippen LogP contribution in [-0.2, 0) is 6.54 Å². The van der Waals surface area contributed by atoms with Crippen LogP contribution in [0, 0.1) is 0 Å². The number of hydrogen-bond acceptors (Lipinski definition) is 5. The summed E-state index contributed by atoms with van der Waals surface area (Å²) < 4.78 is 10.7. The lowest BCUT2D eigenvalue weighted by Crippen LogP contribution is -2.45. The molecule has 0 bridgehead atoms. The number of benzene rings is 1. The SMILES string of the molecule is CCN1CCN(Cc2cc(-c3ccc(OC)cc3)no2)CC1. The maximum atomic E-state index is 5.50. The molecule has 1 aliphatic rings. The largest absolute Gasteiger partial charge is 0.497 e. The van der Waals surface area contributed by atoms with Crippen molar-refractivity contribution in [1.29, 1.82) is 0 Å². The van der Waals surface area contributed by atoms with Crippen molar-refractivity contribution in [2.24, 2.45) is 0 Å². The minimum Gasteiger partial charge on any atom is -0.497 e. The van der Waals surface area contributed by atoms with E-state index in [1.54, 1.807) is 7.11 Å². The van der Waals surface area contributed by atoms with Crippen molar-refractivity contribution in [3.8, 4) is 17.0 Å². The van der Waals surface area contributed by atoms with E-state index in [9.17, 15) is 0 Å². The molecule has 1 saturated heterocycles. The third kappa shape index (κ3) is 3.48. The van der Waals surface area contributed by atoms with E-state index in [-0.39, 0.29) is 0 Å². The first-order valence-electron chi connectivity index (χ1n) is 7.83.